The maximum absolute atomic E-state index is 12.9. The molecule has 0 atom stereocenters. The van der Waals surface area contributed by atoms with E-state index in [9.17, 15) is 13.2 Å². The van der Waals surface area contributed by atoms with Crippen molar-refractivity contribution in [2.24, 2.45) is 0 Å². The first-order valence-electron chi connectivity index (χ1n) is 10.6. The van der Waals surface area contributed by atoms with E-state index in [0.29, 0.717) is 48.7 Å². The van der Waals surface area contributed by atoms with Gasteiger partial charge in [0.15, 0.2) is 15.4 Å². The predicted molar refractivity (Wildman–Crippen MR) is 125 cm³/mol. The third-order valence-electron chi connectivity index (χ3n) is 5.70. The minimum atomic E-state index is -3.27. The van der Waals surface area contributed by atoms with Crippen molar-refractivity contribution >= 4 is 26.8 Å². The van der Waals surface area contributed by atoms with E-state index in [4.69, 9.17) is 9.15 Å². The number of ether oxygens (including phenoxy) is 1. The number of carbonyl (C=O) groups is 1. The van der Waals surface area contributed by atoms with Crippen molar-refractivity contribution < 1.29 is 22.4 Å². The van der Waals surface area contributed by atoms with Crippen LogP contribution < -0.4 is 0 Å². The fourth-order valence-electron chi connectivity index (χ4n) is 3.94. The van der Waals surface area contributed by atoms with Crippen LogP contribution in [0.25, 0.3) is 33.6 Å². The van der Waals surface area contributed by atoms with Gasteiger partial charge in [0, 0.05) is 48.3 Å². The van der Waals surface area contributed by atoms with E-state index in [0.717, 1.165) is 16.7 Å². The average Bonchev–Trinajstić information content (AvgIpc) is 3.28. The van der Waals surface area contributed by atoms with Gasteiger partial charge in [0.1, 0.15) is 11.3 Å². The Morgan fingerprint density at radius 3 is 2.45 bits per heavy atom. The molecule has 33 heavy (non-hydrogen) atoms. The van der Waals surface area contributed by atoms with Crippen molar-refractivity contribution in [3.63, 3.8) is 0 Å². The molecule has 7 nitrogen and oxygen atoms in total. The highest BCUT2D eigenvalue weighted by atomic mass is 32.2. The van der Waals surface area contributed by atoms with Crippen LogP contribution in [-0.2, 0) is 14.6 Å². The Kier molecular flexibility index (Phi) is 5.47. The Morgan fingerprint density at radius 2 is 1.73 bits per heavy atom. The molecular weight excluding hydrogens is 440 g/mol. The van der Waals surface area contributed by atoms with Crippen LogP contribution in [0.4, 0.5) is 0 Å². The number of morpholine rings is 1. The summed E-state index contributed by atoms with van der Waals surface area (Å²) in [6.45, 7) is 2.28. The number of furan rings is 1. The van der Waals surface area contributed by atoms with Crippen molar-refractivity contribution in [1.29, 1.82) is 0 Å². The van der Waals surface area contributed by atoms with Gasteiger partial charge in [0.05, 0.1) is 18.1 Å². The van der Waals surface area contributed by atoms with Crippen LogP contribution in [0.2, 0.25) is 0 Å². The fraction of sp³-hybridized carbons (Fsp3) is 0.200. The molecule has 0 aliphatic carbocycles. The van der Waals surface area contributed by atoms with Crippen LogP contribution in [-0.4, -0.2) is 56.8 Å². The molecule has 0 bridgehead atoms. The lowest BCUT2D eigenvalue weighted by Gasteiger charge is -2.27. The zero-order valence-corrected chi connectivity index (χ0v) is 18.8. The van der Waals surface area contributed by atoms with Gasteiger partial charge < -0.3 is 14.1 Å². The largest absolute Gasteiger partial charge is 0.454 e. The Balaban J connectivity index is 1.51. The molecule has 2 aromatic carbocycles. The fourth-order valence-corrected chi connectivity index (χ4v) is 4.57. The molecule has 0 N–H and O–H groups in total. The highest BCUT2D eigenvalue weighted by Gasteiger charge is 2.20. The predicted octanol–water partition coefficient (Wildman–Crippen LogP) is 4.04. The Labute approximate surface area is 191 Å². The number of hydrogen-bond acceptors (Lipinski definition) is 6. The van der Waals surface area contributed by atoms with Gasteiger partial charge in [-0.3, -0.25) is 9.78 Å². The van der Waals surface area contributed by atoms with E-state index < -0.39 is 9.84 Å². The summed E-state index contributed by atoms with van der Waals surface area (Å²) in [7, 11) is -3.27. The van der Waals surface area contributed by atoms with Crippen molar-refractivity contribution in [1.82, 2.24) is 9.88 Å². The number of carbonyl (C=O) groups excluding carboxylic acids is 1. The molecule has 0 radical (unpaired) electrons. The van der Waals surface area contributed by atoms with E-state index in [-0.39, 0.29) is 10.8 Å². The average molecular weight is 463 g/mol. The number of pyridine rings is 1. The number of amides is 1. The van der Waals surface area contributed by atoms with Gasteiger partial charge in [-0.2, -0.15) is 0 Å². The molecule has 8 heteroatoms. The number of hydrogen-bond donors (Lipinski definition) is 0. The molecule has 168 valence electrons. The van der Waals surface area contributed by atoms with Gasteiger partial charge >= 0.3 is 0 Å². The second-order valence-corrected chi connectivity index (χ2v) is 9.98. The minimum absolute atomic E-state index is 0.0171. The summed E-state index contributed by atoms with van der Waals surface area (Å²) in [5.41, 5.74) is 4.34. The Morgan fingerprint density at radius 1 is 0.970 bits per heavy atom. The topological polar surface area (TPSA) is 89.7 Å². The quantitative estimate of drug-likeness (QED) is 0.455. The van der Waals surface area contributed by atoms with Crippen molar-refractivity contribution in [3.05, 3.63) is 72.4 Å². The van der Waals surface area contributed by atoms with Crippen molar-refractivity contribution in [2.75, 3.05) is 32.6 Å². The van der Waals surface area contributed by atoms with Gasteiger partial charge in [0.25, 0.3) is 5.91 Å². The highest BCUT2D eigenvalue weighted by Crippen LogP contribution is 2.34. The second kappa shape index (κ2) is 8.46. The molecule has 1 amide bonds. The standard InChI is InChI=1S/C25H22N2O5S/c1-33(29,30)20-7-5-17(6-8-20)23-16-22-24(32-23)21(9-10-26-22)18-3-2-4-19(15-18)25(28)27-11-13-31-14-12-27/h2-10,15-16H,11-14H2,1H3. The van der Waals surface area contributed by atoms with E-state index in [1.807, 2.05) is 36.4 Å². The van der Waals surface area contributed by atoms with Crippen LogP contribution in [0.1, 0.15) is 10.4 Å². The smallest absolute Gasteiger partial charge is 0.254 e. The maximum atomic E-state index is 12.9. The third kappa shape index (κ3) is 4.27. The van der Waals surface area contributed by atoms with Crippen LogP contribution in [0.5, 0.6) is 0 Å². The van der Waals surface area contributed by atoms with Crippen LogP contribution in [0.15, 0.2) is 76.2 Å². The number of sulfone groups is 1. The summed E-state index contributed by atoms with van der Waals surface area (Å²) in [6, 6.07) is 17.7. The summed E-state index contributed by atoms with van der Waals surface area (Å²) in [4.78, 5) is 19.4. The van der Waals surface area contributed by atoms with E-state index in [2.05, 4.69) is 4.98 Å². The monoisotopic (exact) mass is 462 g/mol. The molecule has 1 saturated heterocycles. The Hall–Kier alpha value is -3.49. The number of aromatic nitrogens is 1. The molecule has 5 rings (SSSR count). The summed E-state index contributed by atoms with van der Waals surface area (Å²) in [6.07, 6.45) is 2.89. The normalized spacial score (nSPS) is 14.5. The molecule has 0 saturated carbocycles. The Bertz CT molecular complexity index is 1440. The van der Waals surface area contributed by atoms with E-state index in [1.54, 1.807) is 35.4 Å². The molecular formula is C25H22N2O5S. The molecule has 1 fully saturated rings. The molecule has 0 unspecified atom stereocenters. The first kappa shape index (κ1) is 21.4. The lowest BCUT2D eigenvalue weighted by Crippen LogP contribution is -2.40. The zero-order chi connectivity index (χ0) is 23.0. The number of fused-ring (bicyclic) bond motifs is 1. The van der Waals surface area contributed by atoms with Crippen LogP contribution >= 0.6 is 0 Å². The van der Waals surface area contributed by atoms with Gasteiger partial charge in [-0.05, 0) is 48.0 Å². The summed E-state index contributed by atoms with van der Waals surface area (Å²) in [5, 5.41) is 0. The molecule has 3 heterocycles. The number of rotatable bonds is 4. The van der Waals surface area contributed by atoms with Gasteiger partial charge in [-0.1, -0.05) is 12.1 Å². The first-order valence-corrected chi connectivity index (χ1v) is 12.5. The second-order valence-electron chi connectivity index (χ2n) is 7.97. The lowest BCUT2D eigenvalue weighted by molar-refractivity contribution is 0.0303. The van der Waals surface area contributed by atoms with Gasteiger partial charge in [0.2, 0.25) is 0 Å². The summed E-state index contributed by atoms with van der Waals surface area (Å²) in [5.74, 6) is 0.571. The van der Waals surface area contributed by atoms with Crippen molar-refractivity contribution in [3.8, 4) is 22.5 Å². The molecule has 1 aliphatic rings. The maximum Gasteiger partial charge on any atom is 0.254 e. The molecule has 2 aromatic heterocycles. The highest BCUT2D eigenvalue weighted by molar-refractivity contribution is 7.90. The molecule has 4 aromatic rings. The van der Waals surface area contributed by atoms with Crippen LogP contribution in [0.3, 0.4) is 0 Å². The van der Waals surface area contributed by atoms with Crippen molar-refractivity contribution in [2.45, 2.75) is 4.90 Å². The third-order valence-corrected chi connectivity index (χ3v) is 6.83. The zero-order valence-electron chi connectivity index (χ0n) is 18.0. The summed E-state index contributed by atoms with van der Waals surface area (Å²) < 4.78 is 35.0. The SMILES string of the molecule is CS(=O)(=O)c1ccc(-c2cc3nccc(-c4cccc(C(=O)N5CCOCC5)c4)c3o2)cc1. The first-order chi connectivity index (χ1) is 15.9. The van der Waals surface area contributed by atoms with E-state index >= 15 is 0 Å². The van der Waals surface area contributed by atoms with E-state index in [1.165, 1.54) is 6.26 Å². The van der Waals surface area contributed by atoms with Gasteiger partial charge in [-0.15, -0.1) is 0 Å². The molecule has 1 aliphatic heterocycles. The summed E-state index contributed by atoms with van der Waals surface area (Å²) >= 11 is 0. The van der Waals surface area contributed by atoms with Gasteiger partial charge in [-0.25, -0.2) is 8.42 Å². The molecule has 0 spiro atoms. The number of nitrogens with zero attached hydrogens (tertiary/aromatic N) is 2. The number of benzene rings is 2. The van der Waals surface area contributed by atoms with Crippen LogP contribution in [0, 0.1) is 0 Å². The lowest BCUT2D eigenvalue weighted by atomic mass is 10.0. The minimum Gasteiger partial charge on any atom is -0.454 e.